The first-order chi connectivity index (χ1) is 14.5. The summed E-state index contributed by atoms with van der Waals surface area (Å²) in [5.74, 6) is -1.28. The van der Waals surface area contributed by atoms with E-state index < -0.39 is 11.6 Å². The number of ether oxygens (including phenoxy) is 2. The number of allylic oxidation sites excluding steroid dienone is 1. The average Bonchev–Trinajstić information content (AvgIpc) is 2.76. The van der Waals surface area contributed by atoms with Crippen molar-refractivity contribution in [3.63, 3.8) is 0 Å². The molecule has 162 valence electrons. The van der Waals surface area contributed by atoms with Crippen molar-refractivity contribution in [3.05, 3.63) is 71.6 Å². The molecule has 1 saturated carbocycles. The van der Waals surface area contributed by atoms with Crippen molar-refractivity contribution in [1.82, 2.24) is 0 Å². The molecule has 1 aliphatic carbocycles. The van der Waals surface area contributed by atoms with Gasteiger partial charge in [0.05, 0.1) is 13.2 Å². The van der Waals surface area contributed by atoms with Crippen molar-refractivity contribution >= 4 is 0 Å². The van der Waals surface area contributed by atoms with E-state index in [0.29, 0.717) is 19.1 Å². The predicted octanol–water partition coefficient (Wildman–Crippen LogP) is 7.11. The molecule has 0 radical (unpaired) electrons. The molecule has 0 bridgehead atoms. The van der Waals surface area contributed by atoms with Crippen LogP contribution < -0.4 is 9.47 Å². The summed E-state index contributed by atoms with van der Waals surface area (Å²) >= 11 is 0. The molecule has 0 aliphatic heterocycles. The van der Waals surface area contributed by atoms with Crippen molar-refractivity contribution < 1.29 is 22.6 Å². The second kappa shape index (κ2) is 10.6. The minimum atomic E-state index is -0.925. The molecule has 3 rings (SSSR count). The van der Waals surface area contributed by atoms with Gasteiger partial charge in [0.1, 0.15) is 0 Å². The van der Waals surface area contributed by atoms with Crippen molar-refractivity contribution in [2.75, 3.05) is 13.2 Å². The van der Waals surface area contributed by atoms with Crippen LogP contribution in [0.3, 0.4) is 0 Å². The molecular formula is C25H29F3O2. The Balaban J connectivity index is 1.49. The highest BCUT2D eigenvalue weighted by molar-refractivity contribution is 5.32. The Morgan fingerprint density at radius 2 is 1.70 bits per heavy atom. The Morgan fingerprint density at radius 3 is 2.40 bits per heavy atom. The van der Waals surface area contributed by atoms with E-state index >= 15 is 0 Å². The van der Waals surface area contributed by atoms with Crippen LogP contribution in [0.2, 0.25) is 0 Å². The van der Waals surface area contributed by atoms with Crippen molar-refractivity contribution in [2.45, 2.75) is 51.4 Å². The Hall–Kier alpha value is -2.43. The van der Waals surface area contributed by atoms with Crippen LogP contribution in [0, 0.1) is 30.3 Å². The van der Waals surface area contributed by atoms with Crippen LogP contribution in [0.1, 0.15) is 55.6 Å². The van der Waals surface area contributed by atoms with Gasteiger partial charge in [-0.2, -0.15) is 4.39 Å². The fraction of sp³-hybridized carbons (Fsp3) is 0.440. The van der Waals surface area contributed by atoms with Gasteiger partial charge < -0.3 is 9.47 Å². The van der Waals surface area contributed by atoms with Gasteiger partial charge in [0, 0.05) is 0 Å². The van der Waals surface area contributed by atoms with Crippen LogP contribution in [0.15, 0.2) is 43.0 Å². The number of aryl methyl sites for hydroxylation is 1. The third kappa shape index (κ3) is 5.59. The minimum absolute atomic E-state index is 0.0361. The van der Waals surface area contributed by atoms with Crippen LogP contribution >= 0.6 is 0 Å². The molecule has 30 heavy (non-hydrogen) atoms. The molecule has 1 fully saturated rings. The summed E-state index contributed by atoms with van der Waals surface area (Å²) in [7, 11) is 0. The van der Waals surface area contributed by atoms with Gasteiger partial charge in [-0.25, -0.2) is 8.78 Å². The standard InChI is InChI=1S/C25H29F3O2/c1-3-4-5-14-29-22-13-11-20(15-21(22)26)19-9-7-18(8-10-19)16-30-23-12-6-17(2)24(27)25(23)28/h3,6,11-13,15,18-19H,1,4-5,7-10,14,16H2,2H3. The molecule has 0 amide bonds. The molecule has 0 saturated heterocycles. The molecule has 0 spiro atoms. The summed E-state index contributed by atoms with van der Waals surface area (Å²) in [5, 5.41) is 0. The molecule has 0 atom stereocenters. The normalized spacial score (nSPS) is 18.8. The maximum absolute atomic E-state index is 14.4. The van der Waals surface area contributed by atoms with Gasteiger partial charge in [-0.3, -0.25) is 0 Å². The Labute approximate surface area is 176 Å². The second-order valence-electron chi connectivity index (χ2n) is 8.01. The zero-order valence-electron chi connectivity index (χ0n) is 17.4. The molecule has 0 aromatic heterocycles. The molecule has 2 aromatic carbocycles. The largest absolute Gasteiger partial charge is 0.491 e. The van der Waals surface area contributed by atoms with Gasteiger partial charge in [0.15, 0.2) is 23.1 Å². The summed E-state index contributed by atoms with van der Waals surface area (Å²) in [6.07, 6.45) is 7.12. The predicted molar refractivity (Wildman–Crippen MR) is 113 cm³/mol. The number of rotatable bonds is 9. The van der Waals surface area contributed by atoms with E-state index in [2.05, 4.69) is 6.58 Å². The van der Waals surface area contributed by atoms with E-state index in [4.69, 9.17) is 9.47 Å². The summed E-state index contributed by atoms with van der Waals surface area (Å²) in [4.78, 5) is 0. The van der Waals surface area contributed by atoms with E-state index in [1.807, 2.05) is 12.1 Å². The molecular weight excluding hydrogens is 389 g/mol. The monoisotopic (exact) mass is 418 g/mol. The molecule has 0 heterocycles. The summed E-state index contributed by atoms with van der Waals surface area (Å²) < 4.78 is 53.0. The lowest BCUT2D eigenvalue weighted by Gasteiger charge is -2.29. The smallest absolute Gasteiger partial charge is 0.200 e. The first-order valence-electron chi connectivity index (χ1n) is 10.6. The quantitative estimate of drug-likeness (QED) is 0.319. The van der Waals surface area contributed by atoms with Crippen LogP contribution in [-0.2, 0) is 0 Å². The molecule has 2 aromatic rings. The third-order valence-electron chi connectivity index (χ3n) is 5.80. The second-order valence-corrected chi connectivity index (χ2v) is 8.01. The van der Waals surface area contributed by atoms with Crippen molar-refractivity contribution in [2.24, 2.45) is 5.92 Å². The zero-order valence-corrected chi connectivity index (χ0v) is 17.4. The third-order valence-corrected chi connectivity index (χ3v) is 5.80. The van der Waals surface area contributed by atoms with Crippen LogP contribution in [0.4, 0.5) is 13.2 Å². The maximum Gasteiger partial charge on any atom is 0.200 e. The van der Waals surface area contributed by atoms with Gasteiger partial charge in [0.25, 0.3) is 0 Å². The Bertz CT molecular complexity index is 858. The SMILES string of the molecule is C=CCCCOc1ccc(C2CCC(COc3ccc(C)c(F)c3F)CC2)cc1F. The van der Waals surface area contributed by atoms with E-state index in [1.54, 1.807) is 12.1 Å². The lowest BCUT2D eigenvalue weighted by atomic mass is 9.79. The zero-order chi connectivity index (χ0) is 21.5. The first kappa shape index (κ1) is 22.3. The van der Waals surface area contributed by atoms with Crippen molar-refractivity contribution in [3.8, 4) is 11.5 Å². The highest BCUT2D eigenvalue weighted by Crippen LogP contribution is 2.37. The highest BCUT2D eigenvalue weighted by atomic mass is 19.2. The van der Waals surface area contributed by atoms with E-state index in [0.717, 1.165) is 44.1 Å². The van der Waals surface area contributed by atoms with Crippen LogP contribution in [-0.4, -0.2) is 13.2 Å². The Kier molecular flexibility index (Phi) is 7.83. The average molecular weight is 418 g/mol. The maximum atomic E-state index is 14.4. The van der Waals surface area contributed by atoms with Gasteiger partial charge in [0.2, 0.25) is 5.82 Å². The molecule has 0 unspecified atom stereocenters. The lowest BCUT2D eigenvalue weighted by molar-refractivity contribution is 0.192. The summed E-state index contributed by atoms with van der Waals surface area (Å²) in [6.45, 7) is 6.01. The van der Waals surface area contributed by atoms with E-state index in [-0.39, 0.29) is 28.8 Å². The first-order valence-corrected chi connectivity index (χ1v) is 10.6. The molecule has 2 nitrogen and oxygen atoms in total. The molecule has 1 aliphatic rings. The van der Waals surface area contributed by atoms with E-state index in [9.17, 15) is 13.2 Å². The number of hydrogen-bond donors (Lipinski definition) is 0. The van der Waals surface area contributed by atoms with Gasteiger partial charge >= 0.3 is 0 Å². The highest BCUT2D eigenvalue weighted by Gasteiger charge is 2.24. The van der Waals surface area contributed by atoms with Gasteiger partial charge in [-0.1, -0.05) is 18.2 Å². The fourth-order valence-corrected chi connectivity index (χ4v) is 3.91. The summed E-state index contributed by atoms with van der Waals surface area (Å²) in [5.41, 5.74) is 1.25. The summed E-state index contributed by atoms with van der Waals surface area (Å²) in [6, 6.07) is 8.23. The number of benzene rings is 2. The number of halogens is 3. The van der Waals surface area contributed by atoms with Crippen molar-refractivity contribution in [1.29, 1.82) is 0 Å². The molecule has 0 N–H and O–H groups in total. The van der Waals surface area contributed by atoms with Crippen LogP contribution in [0.5, 0.6) is 11.5 Å². The molecule has 5 heteroatoms. The van der Waals surface area contributed by atoms with Gasteiger partial charge in [-0.15, -0.1) is 6.58 Å². The van der Waals surface area contributed by atoms with E-state index in [1.165, 1.54) is 19.1 Å². The number of unbranched alkanes of at least 4 members (excludes halogenated alkanes) is 1. The lowest BCUT2D eigenvalue weighted by Crippen LogP contribution is -2.19. The fourth-order valence-electron chi connectivity index (χ4n) is 3.91. The van der Waals surface area contributed by atoms with Gasteiger partial charge in [-0.05, 0) is 86.6 Å². The van der Waals surface area contributed by atoms with Crippen LogP contribution in [0.25, 0.3) is 0 Å². The topological polar surface area (TPSA) is 18.5 Å². The Morgan fingerprint density at radius 1 is 0.967 bits per heavy atom. The minimum Gasteiger partial charge on any atom is -0.491 e. The number of hydrogen-bond acceptors (Lipinski definition) is 2.